The first-order valence-electron chi connectivity index (χ1n) is 3.00. The Kier molecular flexibility index (Phi) is 4.47. The Morgan fingerprint density at radius 2 is 1.67 bits per heavy atom. The summed E-state index contributed by atoms with van der Waals surface area (Å²) in [6, 6.07) is -0.306. The largest absolute Gasteiger partial charge is 0.394 e. The molecule has 0 aliphatic carbocycles. The maximum atomic E-state index is 11.0. The third-order valence-electron chi connectivity index (χ3n) is 0.638. The zero-order valence-corrected chi connectivity index (χ0v) is 9.14. The number of rotatable bonds is 4. The maximum Gasteiger partial charge on any atom is 0.394 e. The molecule has 4 N–H and O–H groups in total. The molecule has 0 amide bonds. The van der Waals surface area contributed by atoms with Gasteiger partial charge in [-0.15, -0.1) is 0 Å². The van der Waals surface area contributed by atoms with Crippen LogP contribution in [0.2, 0.25) is 0 Å². The van der Waals surface area contributed by atoms with Crippen LogP contribution in [0, 0.1) is 0 Å². The van der Waals surface area contributed by atoms with Gasteiger partial charge in [-0.05, 0) is 13.8 Å². The summed E-state index contributed by atoms with van der Waals surface area (Å²) in [6.45, 7) is -5.27. The van der Waals surface area contributed by atoms with E-state index in [2.05, 4.69) is 5.09 Å². The van der Waals surface area contributed by atoms with E-state index in [0.717, 1.165) is 0 Å². The molecule has 0 bridgehead atoms. The first-order chi connectivity index (χ1) is 5.12. The van der Waals surface area contributed by atoms with E-state index in [-0.39, 0.29) is 17.0 Å². The molecule has 0 aromatic rings. The summed E-state index contributed by atoms with van der Waals surface area (Å²) >= 11 is -0.246. The van der Waals surface area contributed by atoms with Crippen molar-refractivity contribution in [3.8, 4) is 0 Å². The van der Waals surface area contributed by atoms with Gasteiger partial charge in [-0.1, -0.05) is 0 Å². The lowest BCUT2D eigenvalue weighted by atomic mass is 10.4. The van der Waals surface area contributed by atoms with Crippen molar-refractivity contribution in [3.63, 3.8) is 0 Å². The lowest BCUT2D eigenvalue weighted by Gasteiger charge is -2.14. The summed E-state index contributed by atoms with van der Waals surface area (Å²) in [5, 5.41) is 2.16. The van der Waals surface area contributed by atoms with E-state index in [9.17, 15) is 9.13 Å². The van der Waals surface area contributed by atoms with Gasteiger partial charge in [0.05, 0.1) is 11.0 Å². The zero-order valence-electron chi connectivity index (χ0n) is 6.54. The van der Waals surface area contributed by atoms with E-state index in [1.807, 2.05) is 0 Å². The van der Waals surface area contributed by atoms with Crippen molar-refractivity contribution in [2.75, 3.05) is 0 Å². The maximum absolute atomic E-state index is 11.0. The zero-order chi connectivity index (χ0) is 9.99. The molecule has 0 saturated heterocycles. The quantitative estimate of drug-likeness (QED) is 0.536. The highest BCUT2D eigenvalue weighted by Gasteiger charge is 2.31. The van der Waals surface area contributed by atoms with E-state index in [4.69, 9.17) is 14.7 Å². The van der Waals surface area contributed by atoms with Crippen molar-refractivity contribution in [1.82, 2.24) is 5.09 Å². The molecule has 0 aromatic carbocycles. The van der Waals surface area contributed by atoms with E-state index < -0.39 is 13.5 Å². The Bertz CT molecular complexity index is 237. The molecule has 0 saturated carbocycles. The van der Waals surface area contributed by atoms with Crippen molar-refractivity contribution in [3.05, 3.63) is 0 Å². The molecule has 9 heteroatoms. The third kappa shape index (κ3) is 7.31. The van der Waals surface area contributed by atoms with Crippen molar-refractivity contribution in [2.45, 2.75) is 19.9 Å². The minimum Gasteiger partial charge on any atom is -0.325 e. The van der Waals surface area contributed by atoms with Crippen LogP contribution in [0.3, 0.4) is 0 Å². The number of hydrogen-bond donors (Lipinski definition) is 4. The second-order valence-electron chi connectivity index (χ2n) is 2.38. The monoisotopic (exact) mass is 235 g/mol. The van der Waals surface area contributed by atoms with Gasteiger partial charge in [0.2, 0.25) is 0 Å². The third-order valence-corrected chi connectivity index (χ3v) is 7.44. The van der Waals surface area contributed by atoms with Crippen LogP contribution in [0.15, 0.2) is 0 Å². The van der Waals surface area contributed by atoms with E-state index in [1.165, 1.54) is 0 Å². The van der Waals surface area contributed by atoms with E-state index >= 15 is 0 Å². The Balaban J connectivity index is 4.25. The lowest BCUT2D eigenvalue weighted by molar-refractivity contribution is 0.397. The molecule has 0 heterocycles. The smallest absolute Gasteiger partial charge is 0.325 e. The van der Waals surface area contributed by atoms with Gasteiger partial charge in [0, 0.05) is 6.04 Å². The summed E-state index contributed by atoms with van der Waals surface area (Å²) in [7, 11) is 0. The van der Waals surface area contributed by atoms with Crippen LogP contribution in [0.5, 0.6) is 0 Å². The Hall–Kier alpha value is 0.650. The Labute approximate surface area is 73.9 Å². The minimum atomic E-state index is -4.50. The van der Waals surface area contributed by atoms with Crippen LogP contribution in [-0.4, -0.2) is 20.7 Å². The molecule has 12 heavy (non-hydrogen) atoms. The van der Waals surface area contributed by atoms with Crippen molar-refractivity contribution in [1.29, 1.82) is 0 Å². The van der Waals surface area contributed by atoms with Crippen LogP contribution in [0.4, 0.5) is 0 Å². The summed E-state index contributed by atoms with van der Waals surface area (Å²) in [5.41, 5.74) is 0. The molecule has 0 aromatic heterocycles. The fourth-order valence-corrected chi connectivity index (χ4v) is 6.14. The van der Waals surface area contributed by atoms with Gasteiger partial charge in [-0.25, -0.2) is 9.65 Å². The molecule has 6 nitrogen and oxygen atoms in total. The Morgan fingerprint density at radius 1 is 1.25 bits per heavy atom. The number of nitrogens with one attached hydrogen (secondary N) is 1. The summed E-state index contributed by atoms with van der Waals surface area (Å²) in [4.78, 5) is 25.7. The lowest BCUT2D eigenvalue weighted by Crippen LogP contribution is -2.17. The van der Waals surface area contributed by atoms with E-state index in [0.29, 0.717) is 0 Å². The predicted molar refractivity (Wildman–Crippen MR) is 47.7 cm³/mol. The predicted octanol–water partition coefficient (Wildman–Crippen LogP) is 0.911. The van der Waals surface area contributed by atoms with Gasteiger partial charge in [0.25, 0.3) is 0 Å². The van der Waals surface area contributed by atoms with Gasteiger partial charge < -0.3 is 14.7 Å². The topological polar surface area (TPSA) is 107 Å². The van der Waals surface area contributed by atoms with Gasteiger partial charge >= 0.3 is 13.5 Å². The molecule has 0 spiro atoms. The fraction of sp³-hybridized carbons (Fsp3) is 1.00. The van der Waals surface area contributed by atoms with Crippen LogP contribution in [-0.2, 0) is 9.13 Å². The molecular weight excluding hydrogens is 224 g/mol. The second kappa shape index (κ2) is 4.24. The molecule has 0 fully saturated rings. The van der Waals surface area contributed by atoms with Crippen molar-refractivity contribution in [2.24, 2.45) is 0 Å². The average Bonchev–Trinajstić information content (AvgIpc) is 1.48. The Morgan fingerprint density at radius 3 is 1.92 bits per heavy atom. The standard InChI is InChI=1S/C3H11NO5P2S/c1-3(2)4-10(5,6)12-11(7,8)9/h3H,1-2H3,(H2,4,5,6)(H2,7,8,9). The first kappa shape index (κ1) is 12.7. The van der Waals surface area contributed by atoms with Crippen molar-refractivity contribution < 1.29 is 23.8 Å². The molecule has 0 aliphatic heterocycles. The SMILES string of the molecule is CC(C)NP(=O)(O)SP(=O)(O)O. The molecule has 0 radical (unpaired) electrons. The highest BCUT2D eigenvalue weighted by molar-refractivity contribution is 8.84. The molecule has 1 atom stereocenters. The van der Waals surface area contributed by atoms with Crippen LogP contribution in [0.25, 0.3) is 0 Å². The summed E-state index contributed by atoms with van der Waals surface area (Å²) in [6.07, 6.45) is 0. The van der Waals surface area contributed by atoms with Crippen LogP contribution in [0.1, 0.15) is 13.8 Å². The number of hydrogen-bond acceptors (Lipinski definition) is 3. The summed E-state index contributed by atoms with van der Waals surface area (Å²) < 4.78 is 21.3. The molecule has 1 unspecified atom stereocenters. The van der Waals surface area contributed by atoms with E-state index in [1.54, 1.807) is 13.8 Å². The van der Waals surface area contributed by atoms with Crippen LogP contribution >= 0.6 is 24.5 Å². The average molecular weight is 235 g/mol. The highest BCUT2D eigenvalue weighted by atomic mass is 33.1. The summed E-state index contributed by atoms with van der Waals surface area (Å²) in [5.74, 6) is 0. The highest BCUT2D eigenvalue weighted by Crippen LogP contribution is 2.70. The molecule has 74 valence electrons. The van der Waals surface area contributed by atoms with Gasteiger partial charge in [0.15, 0.2) is 0 Å². The molecule has 0 rings (SSSR count). The second-order valence-corrected chi connectivity index (χ2v) is 9.69. The minimum absolute atomic E-state index is 0.246. The van der Waals surface area contributed by atoms with Gasteiger partial charge in [0.1, 0.15) is 0 Å². The molecule has 0 aliphatic rings. The molecular formula is C3H11NO5P2S. The normalized spacial score (nSPS) is 17.8. The van der Waals surface area contributed by atoms with Gasteiger partial charge in [-0.3, -0.25) is 4.57 Å². The van der Waals surface area contributed by atoms with Crippen LogP contribution < -0.4 is 5.09 Å². The van der Waals surface area contributed by atoms with Gasteiger partial charge in [-0.2, -0.15) is 0 Å². The first-order valence-corrected chi connectivity index (χ1v) is 8.30. The van der Waals surface area contributed by atoms with Crippen molar-refractivity contribution >= 4 is 24.5 Å². The fourth-order valence-electron chi connectivity index (χ4n) is 0.494.